The topological polar surface area (TPSA) is 104 Å². The minimum Gasteiger partial charge on any atom is -0.508 e. The normalized spacial score (nSPS) is 11.3. The number of benzene rings is 2. The molecule has 2 aromatic carbocycles. The van der Waals surface area contributed by atoms with E-state index < -0.39 is 15.0 Å². The van der Waals surface area contributed by atoms with Gasteiger partial charge in [0, 0.05) is 12.5 Å². The monoisotopic (exact) mass is 310 g/mol. The molecule has 6 nitrogen and oxygen atoms in total. The molecule has 0 saturated heterocycles. The van der Waals surface area contributed by atoms with E-state index in [4.69, 9.17) is 4.74 Å². The number of ether oxygens (including phenoxy) is 1. The number of rotatable bonds is 4. The van der Waals surface area contributed by atoms with Crippen molar-refractivity contribution >= 4 is 10.1 Å². The van der Waals surface area contributed by atoms with E-state index in [1.807, 2.05) is 0 Å². The molecule has 0 spiro atoms. The van der Waals surface area contributed by atoms with Gasteiger partial charge in [0.1, 0.15) is 22.1 Å². The molecule has 0 unspecified atom stereocenters. The van der Waals surface area contributed by atoms with Crippen molar-refractivity contribution in [1.29, 1.82) is 0 Å². The molecule has 2 rings (SSSR count). The summed E-state index contributed by atoms with van der Waals surface area (Å²) in [5.41, 5.74) is 1.07. The predicted octanol–water partition coefficient (Wildman–Crippen LogP) is 1.94. The second-order valence-electron chi connectivity index (χ2n) is 4.45. The summed E-state index contributed by atoms with van der Waals surface area (Å²) in [5, 5.41) is 19.1. The first-order chi connectivity index (χ1) is 9.81. The van der Waals surface area contributed by atoms with E-state index in [-0.39, 0.29) is 23.7 Å². The van der Waals surface area contributed by atoms with Crippen molar-refractivity contribution in [3.05, 3.63) is 47.5 Å². The van der Waals surface area contributed by atoms with Crippen LogP contribution in [0.25, 0.3) is 0 Å². The Morgan fingerprint density at radius 3 is 2.24 bits per heavy atom. The van der Waals surface area contributed by atoms with E-state index >= 15 is 0 Å². The Hall–Kier alpha value is -2.25. The molecule has 0 atom stereocenters. The zero-order valence-electron chi connectivity index (χ0n) is 11.1. The lowest BCUT2D eigenvalue weighted by molar-refractivity contribution is 0.390. The average molecular weight is 310 g/mol. The molecule has 112 valence electrons. The number of hydrogen-bond donors (Lipinski definition) is 3. The molecule has 0 heterocycles. The van der Waals surface area contributed by atoms with Crippen LogP contribution in [0.2, 0.25) is 0 Å². The fourth-order valence-electron chi connectivity index (χ4n) is 1.93. The smallest absolute Gasteiger partial charge is 0.298 e. The molecule has 0 saturated carbocycles. The lowest BCUT2D eigenvalue weighted by Gasteiger charge is -2.11. The first kappa shape index (κ1) is 15.1. The summed E-state index contributed by atoms with van der Waals surface area (Å²) < 4.78 is 36.7. The van der Waals surface area contributed by atoms with Gasteiger partial charge in [0.15, 0.2) is 0 Å². The van der Waals surface area contributed by atoms with Gasteiger partial charge in [0.25, 0.3) is 10.1 Å². The largest absolute Gasteiger partial charge is 0.508 e. The number of hydrogen-bond acceptors (Lipinski definition) is 5. The van der Waals surface area contributed by atoms with E-state index in [9.17, 15) is 23.2 Å². The molecular formula is C14H14O6S. The summed E-state index contributed by atoms with van der Waals surface area (Å²) in [6.45, 7) is 0. The van der Waals surface area contributed by atoms with Gasteiger partial charge < -0.3 is 14.9 Å². The van der Waals surface area contributed by atoms with Gasteiger partial charge in [-0.2, -0.15) is 8.42 Å². The molecule has 2 aromatic rings. The van der Waals surface area contributed by atoms with Gasteiger partial charge in [-0.05, 0) is 29.3 Å². The highest BCUT2D eigenvalue weighted by molar-refractivity contribution is 7.86. The van der Waals surface area contributed by atoms with Crippen molar-refractivity contribution in [2.75, 3.05) is 7.11 Å². The molecule has 0 aliphatic heterocycles. The highest BCUT2D eigenvalue weighted by atomic mass is 32.2. The molecule has 0 fully saturated rings. The van der Waals surface area contributed by atoms with Gasteiger partial charge in [-0.25, -0.2) is 0 Å². The Morgan fingerprint density at radius 2 is 1.71 bits per heavy atom. The number of methoxy groups -OCH3 is 1. The lowest BCUT2D eigenvalue weighted by atomic mass is 10.0. The van der Waals surface area contributed by atoms with Gasteiger partial charge in [-0.3, -0.25) is 4.55 Å². The number of aromatic hydroxyl groups is 2. The zero-order valence-corrected chi connectivity index (χ0v) is 12.0. The van der Waals surface area contributed by atoms with Gasteiger partial charge in [0.05, 0.1) is 7.11 Å². The molecular weight excluding hydrogens is 296 g/mol. The summed E-state index contributed by atoms with van der Waals surface area (Å²) in [6.07, 6.45) is 0.235. The van der Waals surface area contributed by atoms with E-state index in [2.05, 4.69) is 0 Å². The maximum atomic E-state index is 11.3. The van der Waals surface area contributed by atoms with Crippen LogP contribution in [0.1, 0.15) is 11.1 Å². The Bertz CT molecular complexity index is 750. The number of phenolic OH excluding ortho intramolecular Hbond substituents is 2. The van der Waals surface area contributed by atoms with Gasteiger partial charge in [-0.1, -0.05) is 12.1 Å². The van der Waals surface area contributed by atoms with Crippen LogP contribution in [0.5, 0.6) is 17.2 Å². The molecule has 0 radical (unpaired) electrons. The fourth-order valence-corrected chi connectivity index (χ4v) is 2.62. The maximum Gasteiger partial charge on any atom is 0.298 e. The highest BCUT2D eigenvalue weighted by Crippen LogP contribution is 2.32. The van der Waals surface area contributed by atoms with Crippen LogP contribution in [-0.2, 0) is 16.5 Å². The van der Waals surface area contributed by atoms with Crippen LogP contribution in [0.4, 0.5) is 0 Å². The summed E-state index contributed by atoms with van der Waals surface area (Å²) in [5.74, 6) is -0.173. The molecule has 21 heavy (non-hydrogen) atoms. The number of phenols is 2. The van der Waals surface area contributed by atoms with Crippen LogP contribution in [0, 0.1) is 0 Å². The Labute approximate surface area is 122 Å². The second-order valence-corrected chi connectivity index (χ2v) is 5.84. The van der Waals surface area contributed by atoms with Crippen LogP contribution in [0.15, 0.2) is 41.3 Å². The first-order valence-electron chi connectivity index (χ1n) is 5.96. The molecule has 3 N–H and O–H groups in total. The Kier molecular flexibility index (Phi) is 4.06. The Morgan fingerprint density at radius 1 is 1.10 bits per heavy atom. The zero-order chi connectivity index (χ0) is 15.6. The van der Waals surface area contributed by atoms with Crippen LogP contribution in [-0.4, -0.2) is 30.3 Å². The van der Waals surface area contributed by atoms with Crippen LogP contribution < -0.4 is 4.74 Å². The molecule has 0 aromatic heterocycles. The van der Waals surface area contributed by atoms with E-state index in [1.54, 1.807) is 12.1 Å². The van der Waals surface area contributed by atoms with Crippen LogP contribution in [0.3, 0.4) is 0 Å². The minimum absolute atomic E-state index is 0.108. The summed E-state index contributed by atoms with van der Waals surface area (Å²) in [6, 6.07) is 8.56. The standard InChI is InChI=1S/C14H14O6S/c1-20-13-8-12(16)10(7-14(13)21(17,18)19)6-9-2-4-11(15)5-3-9/h2-5,7-8,15-16H,6H2,1H3,(H,17,18,19). The maximum absolute atomic E-state index is 11.3. The Balaban J connectivity index is 2.47. The molecule has 0 bridgehead atoms. The minimum atomic E-state index is -4.46. The SMILES string of the molecule is COc1cc(O)c(Cc2ccc(O)cc2)cc1S(=O)(=O)O. The quantitative estimate of drug-likeness (QED) is 0.746. The summed E-state index contributed by atoms with van der Waals surface area (Å²) in [7, 11) is -3.22. The second kappa shape index (κ2) is 5.63. The van der Waals surface area contributed by atoms with Crippen molar-refractivity contribution in [2.45, 2.75) is 11.3 Å². The van der Waals surface area contributed by atoms with E-state index in [1.165, 1.54) is 19.2 Å². The molecule has 7 heteroatoms. The fraction of sp³-hybridized carbons (Fsp3) is 0.143. The van der Waals surface area contributed by atoms with Crippen molar-refractivity contribution in [3.63, 3.8) is 0 Å². The third-order valence-corrected chi connectivity index (χ3v) is 3.85. The van der Waals surface area contributed by atoms with Crippen molar-refractivity contribution < 1.29 is 27.9 Å². The summed E-state index contributed by atoms with van der Waals surface area (Å²) in [4.78, 5) is -0.406. The van der Waals surface area contributed by atoms with Gasteiger partial charge >= 0.3 is 0 Å². The van der Waals surface area contributed by atoms with Crippen molar-refractivity contribution in [1.82, 2.24) is 0 Å². The average Bonchev–Trinajstić information content (AvgIpc) is 2.41. The first-order valence-corrected chi connectivity index (χ1v) is 7.40. The van der Waals surface area contributed by atoms with Gasteiger partial charge in [-0.15, -0.1) is 0 Å². The van der Waals surface area contributed by atoms with Crippen molar-refractivity contribution in [3.8, 4) is 17.2 Å². The van der Waals surface area contributed by atoms with Crippen LogP contribution >= 0.6 is 0 Å². The summed E-state index contributed by atoms with van der Waals surface area (Å²) >= 11 is 0. The van der Waals surface area contributed by atoms with Gasteiger partial charge in [0.2, 0.25) is 0 Å². The molecule has 0 aliphatic carbocycles. The molecule has 0 aliphatic rings. The van der Waals surface area contributed by atoms with E-state index in [0.29, 0.717) is 5.56 Å². The highest BCUT2D eigenvalue weighted by Gasteiger charge is 2.19. The third kappa shape index (κ3) is 3.45. The predicted molar refractivity (Wildman–Crippen MR) is 75.4 cm³/mol. The molecule has 0 amide bonds. The van der Waals surface area contributed by atoms with Crippen molar-refractivity contribution in [2.24, 2.45) is 0 Å². The van der Waals surface area contributed by atoms with E-state index in [0.717, 1.165) is 17.7 Å². The lowest BCUT2D eigenvalue weighted by Crippen LogP contribution is -2.03. The third-order valence-electron chi connectivity index (χ3n) is 2.97.